The molecule has 2 aliphatic heterocycles. The maximum atomic E-state index is 10.6. The number of hydrogen-bond acceptors (Lipinski definition) is 14. The van der Waals surface area contributed by atoms with Crippen molar-refractivity contribution in [3.05, 3.63) is 42.0 Å². The minimum atomic E-state index is -1.78. The lowest BCUT2D eigenvalue weighted by atomic mass is 9.99. The van der Waals surface area contributed by atoms with Crippen molar-refractivity contribution in [2.75, 3.05) is 13.2 Å². The second kappa shape index (κ2) is 12.3. The van der Waals surface area contributed by atoms with E-state index < -0.39 is 74.6 Å². The van der Waals surface area contributed by atoms with Gasteiger partial charge in [0.05, 0.1) is 24.8 Å². The summed E-state index contributed by atoms with van der Waals surface area (Å²) in [4.78, 5) is 0. The van der Waals surface area contributed by atoms with E-state index in [1.165, 1.54) is 18.2 Å². The van der Waals surface area contributed by atoms with E-state index in [1.807, 2.05) is 0 Å². The number of rotatable bonds is 7. The molecule has 234 valence electrons. The lowest BCUT2D eigenvalue weighted by molar-refractivity contribution is -0.277. The third-order valence-corrected chi connectivity index (χ3v) is 7.45. The number of phenols is 2. The molecule has 0 amide bonds. The fourth-order valence-corrected chi connectivity index (χ4v) is 4.89. The number of ether oxygens (including phenoxy) is 4. The van der Waals surface area contributed by atoms with Gasteiger partial charge in [0.25, 0.3) is 0 Å². The van der Waals surface area contributed by atoms with Gasteiger partial charge in [-0.3, -0.25) is 0 Å². The summed E-state index contributed by atoms with van der Waals surface area (Å²) in [6.07, 6.45) is -16.1. The van der Waals surface area contributed by atoms with Crippen molar-refractivity contribution < 1.29 is 74.4 Å². The quantitative estimate of drug-likeness (QED) is 0.136. The van der Waals surface area contributed by atoms with Crippen molar-refractivity contribution in [1.82, 2.24) is 0 Å². The SMILES string of the molecule is Cc1ccc(-c2[o+]c3cc(O)cc(OC4OC(CO)C(O)C(O)C4O)c3cc2OC2OC(CO)C(O)C(O)C2O)cc1O. The van der Waals surface area contributed by atoms with Gasteiger partial charge >= 0.3 is 11.3 Å². The van der Waals surface area contributed by atoms with Crippen molar-refractivity contribution in [1.29, 1.82) is 0 Å². The van der Waals surface area contributed by atoms with Crippen LogP contribution in [0.1, 0.15) is 5.56 Å². The van der Waals surface area contributed by atoms with E-state index in [9.17, 15) is 51.1 Å². The zero-order valence-electron chi connectivity index (χ0n) is 22.7. The highest BCUT2D eigenvalue weighted by Crippen LogP contribution is 2.42. The Bertz CT molecular complexity index is 1450. The maximum Gasteiger partial charge on any atom is 0.402 e. The highest BCUT2D eigenvalue weighted by Gasteiger charge is 2.47. The Balaban J connectivity index is 1.61. The minimum Gasteiger partial charge on any atom is -0.508 e. The van der Waals surface area contributed by atoms with Crippen LogP contribution in [0.3, 0.4) is 0 Å². The highest BCUT2D eigenvalue weighted by molar-refractivity contribution is 5.89. The van der Waals surface area contributed by atoms with E-state index in [0.717, 1.165) is 6.07 Å². The van der Waals surface area contributed by atoms with Crippen molar-refractivity contribution >= 4 is 11.0 Å². The number of phenolic OH excluding ortho intramolecular Hbond substituents is 2. The second-order valence-electron chi connectivity index (χ2n) is 10.4. The number of aliphatic hydroxyl groups excluding tert-OH is 8. The molecule has 0 radical (unpaired) electrons. The predicted molar refractivity (Wildman–Crippen MR) is 143 cm³/mol. The van der Waals surface area contributed by atoms with Crippen molar-refractivity contribution in [3.63, 3.8) is 0 Å². The Hall–Kier alpha value is -3.35. The molecule has 15 heteroatoms. The van der Waals surface area contributed by atoms with E-state index in [0.29, 0.717) is 5.56 Å². The molecule has 2 aliphatic rings. The largest absolute Gasteiger partial charge is 0.508 e. The number of benzene rings is 2. The third kappa shape index (κ3) is 5.92. The molecule has 0 aliphatic carbocycles. The summed E-state index contributed by atoms with van der Waals surface area (Å²) in [5.74, 6) is -0.793. The molecule has 2 fully saturated rings. The maximum absolute atomic E-state index is 10.6. The van der Waals surface area contributed by atoms with Gasteiger partial charge in [-0.2, -0.15) is 0 Å². The summed E-state index contributed by atoms with van der Waals surface area (Å²) < 4.78 is 28.6. The summed E-state index contributed by atoms with van der Waals surface area (Å²) in [7, 11) is 0. The number of fused-ring (bicyclic) bond motifs is 1. The van der Waals surface area contributed by atoms with Gasteiger partial charge in [0.2, 0.25) is 18.3 Å². The van der Waals surface area contributed by atoms with Crippen LogP contribution in [0, 0.1) is 6.92 Å². The molecule has 0 spiro atoms. The van der Waals surface area contributed by atoms with E-state index in [-0.39, 0.29) is 45.3 Å². The van der Waals surface area contributed by atoms with E-state index in [1.54, 1.807) is 19.1 Å². The summed E-state index contributed by atoms with van der Waals surface area (Å²) in [6, 6.07) is 8.25. The van der Waals surface area contributed by atoms with Crippen molar-refractivity contribution in [2.24, 2.45) is 0 Å². The Morgan fingerprint density at radius 1 is 0.698 bits per heavy atom. The van der Waals surface area contributed by atoms with Crippen LogP contribution in [-0.4, -0.2) is 126 Å². The molecule has 1 aromatic heterocycles. The van der Waals surface area contributed by atoms with Gasteiger partial charge in [0, 0.05) is 12.1 Å². The Kier molecular flexibility index (Phi) is 8.92. The molecule has 15 nitrogen and oxygen atoms in total. The Morgan fingerprint density at radius 3 is 1.79 bits per heavy atom. The average Bonchev–Trinajstić information content (AvgIpc) is 2.98. The van der Waals surface area contributed by atoms with Gasteiger partial charge in [-0.25, -0.2) is 4.42 Å². The smallest absolute Gasteiger partial charge is 0.402 e. The first-order valence-electron chi connectivity index (χ1n) is 13.3. The molecule has 0 bridgehead atoms. The number of hydrogen-bond donors (Lipinski definition) is 10. The fourth-order valence-electron chi connectivity index (χ4n) is 4.89. The molecule has 3 heterocycles. The van der Waals surface area contributed by atoms with E-state index in [4.69, 9.17) is 23.4 Å². The molecule has 2 saturated heterocycles. The van der Waals surface area contributed by atoms with Crippen LogP contribution in [0.25, 0.3) is 22.3 Å². The molecule has 5 rings (SSSR count). The van der Waals surface area contributed by atoms with Crippen LogP contribution in [0.5, 0.6) is 23.0 Å². The van der Waals surface area contributed by atoms with Gasteiger partial charge < -0.3 is 70.0 Å². The minimum absolute atomic E-state index is 0.00388. The highest BCUT2D eigenvalue weighted by atomic mass is 16.7. The van der Waals surface area contributed by atoms with Crippen LogP contribution in [0.15, 0.2) is 40.8 Å². The first-order chi connectivity index (χ1) is 20.4. The van der Waals surface area contributed by atoms with E-state index >= 15 is 0 Å². The summed E-state index contributed by atoms with van der Waals surface area (Å²) in [6.45, 7) is 0.259. The van der Waals surface area contributed by atoms with Crippen LogP contribution in [0.4, 0.5) is 0 Å². The molecule has 10 N–H and O–H groups in total. The average molecular weight is 610 g/mol. The van der Waals surface area contributed by atoms with Crippen molar-refractivity contribution in [2.45, 2.75) is 68.3 Å². The summed E-state index contributed by atoms with van der Waals surface area (Å²) in [5.41, 5.74) is 0.828. The lowest BCUT2D eigenvalue weighted by Crippen LogP contribution is -2.60. The summed E-state index contributed by atoms with van der Waals surface area (Å²) >= 11 is 0. The third-order valence-electron chi connectivity index (χ3n) is 7.45. The zero-order chi connectivity index (χ0) is 31.2. The van der Waals surface area contributed by atoms with Crippen molar-refractivity contribution in [3.8, 4) is 34.3 Å². The van der Waals surface area contributed by atoms with Crippen LogP contribution in [0.2, 0.25) is 0 Å². The van der Waals surface area contributed by atoms with Gasteiger partial charge in [-0.1, -0.05) is 6.07 Å². The lowest BCUT2D eigenvalue weighted by Gasteiger charge is -2.39. The van der Waals surface area contributed by atoms with Crippen LogP contribution in [-0.2, 0) is 9.47 Å². The summed E-state index contributed by atoms with van der Waals surface area (Å²) in [5, 5.41) is 102. The molecular weight excluding hydrogens is 576 g/mol. The first-order valence-corrected chi connectivity index (χ1v) is 13.3. The monoisotopic (exact) mass is 609 g/mol. The van der Waals surface area contributed by atoms with Crippen LogP contribution < -0.4 is 9.47 Å². The molecule has 0 saturated carbocycles. The molecule has 3 aromatic rings. The molecule has 10 unspecified atom stereocenters. The molecule has 43 heavy (non-hydrogen) atoms. The topological polar surface area (TPSA) is 251 Å². The molecular formula is C28H33O15+. The molecule has 10 atom stereocenters. The van der Waals surface area contributed by atoms with Gasteiger partial charge in [0.1, 0.15) is 71.5 Å². The van der Waals surface area contributed by atoms with Crippen LogP contribution >= 0.6 is 0 Å². The van der Waals surface area contributed by atoms with E-state index in [2.05, 4.69) is 0 Å². The van der Waals surface area contributed by atoms with Gasteiger partial charge in [0.15, 0.2) is 0 Å². The standard InChI is InChI=1S/C28H32O15/c1-10-2-3-11(4-14(10)32)26-17(41-28-25(38)23(36)21(34)19(9-30)43-28)7-13-15(39-26)5-12(31)6-16(13)40-27-24(37)22(35)20(33)18(8-29)42-27/h2-7,18-25,27-30,33-38H,8-9H2,1H3,(H-,31,32)/p+1. The van der Waals surface area contributed by atoms with Gasteiger partial charge in [-0.05, 0) is 24.6 Å². The zero-order valence-corrected chi connectivity index (χ0v) is 22.7. The normalized spacial score (nSPS) is 33.0. The number of aliphatic hydroxyl groups is 8. The molecule has 2 aromatic carbocycles. The Morgan fingerprint density at radius 2 is 1.26 bits per heavy atom. The second-order valence-corrected chi connectivity index (χ2v) is 10.4. The number of aryl methyl sites for hydroxylation is 1. The first kappa shape index (κ1) is 31.1. The van der Waals surface area contributed by atoms with Gasteiger partial charge in [-0.15, -0.1) is 0 Å². The predicted octanol–water partition coefficient (Wildman–Crippen LogP) is -1.54. The Labute approximate surface area is 243 Å². The fraction of sp³-hybridized carbons (Fsp3) is 0.464. The number of aromatic hydroxyl groups is 2.